The maximum Gasteiger partial charge on any atom is 0.317 e. The molecular weight excluding hydrogens is 144 g/mol. The van der Waals surface area contributed by atoms with E-state index in [4.69, 9.17) is 5.11 Å². The van der Waals surface area contributed by atoms with Crippen LogP contribution < -0.4 is 0 Å². The average Bonchev–Trinajstić information content (AvgIpc) is 2.12. The smallest absolute Gasteiger partial charge is 0.317 e. The summed E-state index contributed by atoms with van der Waals surface area (Å²) in [6.07, 6.45) is 0. The highest BCUT2D eigenvalue weighted by Crippen LogP contribution is 2.28. The van der Waals surface area contributed by atoms with E-state index in [2.05, 4.69) is 0 Å². The molecule has 1 unspecified atom stereocenters. The Labute approximate surface area is 56.0 Å². The second-order valence-corrected chi connectivity index (χ2v) is 4.07. The van der Waals surface area contributed by atoms with Crippen molar-refractivity contribution >= 4 is 29.5 Å². The van der Waals surface area contributed by atoms with Gasteiger partial charge in [0.1, 0.15) is 5.25 Å². The van der Waals surface area contributed by atoms with Crippen molar-refractivity contribution < 1.29 is 9.90 Å². The van der Waals surface area contributed by atoms with Crippen LogP contribution >= 0.6 is 23.5 Å². The number of hydrogen-bond acceptors (Lipinski definition) is 3. The van der Waals surface area contributed by atoms with Crippen molar-refractivity contribution in [1.29, 1.82) is 0 Å². The van der Waals surface area contributed by atoms with Crippen LogP contribution in [0, 0.1) is 0 Å². The quantitative estimate of drug-likeness (QED) is 0.602. The first-order chi connectivity index (χ1) is 3.80. The minimum absolute atomic E-state index is 0.139. The number of carboxylic acid groups (broad SMARTS) is 1. The summed E-state index contributed by atoms with van der Waals surface area (Å²) in [7, 11) is 0. The van der Waals surface area contributed by atoms with Crippen molar-refractivity contribution in [3.63, 3.8) is 0 Å². The summed E-state index contributed by atoms with van der Waals surface area (Å²) in [5.41, 5.74) is 0. The van der Waals surface area contributed by atoms with Gasteiger partial charge in [0.25, 0.3) is 0 Å². The van der Waals surface area contributed by atoms with Gasteiger partial charge >= 0.3 is 5.97 Å². The van der Waals surface area contributed by atoms with E-state index in [1.54, 1.807) is 11.8 Å². The van der Waals surface area contributed by atoms with E-state index in [-0.39, 0.29) is 5.25 Å². The SMILES string of the molecule is O=C(O)C1CSCS1. The minimum Gasteiger partial charge on any atom is -0.480 e. The molecule has 46 valence electrons. The molecule has 1 fully saturated rings. The van der Waals surface area contributed by atoms with Gasteiger partial charge < -0.3 is 5.11 Å². The Balaban J connectivity index is 2.35. The highest BCUT2D eigenvalue weighted by Gasteiger charge is 2.22. The van der Waals surface area contributed by atoms with Gasteiger partial charge in [-0.05, 0) is 0 Å². The summed E-state index contributed by atoms with van der Waals surface area (Å²) in [4.78, 5) is 10.2. The van der Waals surface area contributed by atoms with Gasteiger partial charge in [-0.25, -0.2) is 0 Å². The number of carboxylic acids is 1. The summed E-state index contributed by atoms with van der Waals surface area (Å²) < 4.78 is 0. The maximum atomic E-state index is 10.2. The summed E-state index contributed by atoms with van der Waals surface area (Å²) in [5, 5.41) is 9.18. The van der Waals surface area contributed by atoms with Crippen LogP contribution in [0.15, 0.2) is 0 Å². The zero-order valence-corrected chi connectivity index (χ0v) is 5.80. The molecular formula is C4H6O2S2. The van der Waals surface area contributed by atoms with Crippen LogP contribution in [-0.4, -0.2) is 27.2 Å². The molecule has 0 aliphatic carbocycles. The predicted molar refractivity (Wildman–Crippen MR) is 36.3 cm³/mol. The number of carbonyl (C=O) groups is 1. The lowest BCUT2D eigenvalue weighted by Crippen LogP contribution is -2.14. The lowest BCUT2D eigenvalue weighted by Gasteiger charge is -1.95. The number of rotatable bonds is 1. The van der Waals surface area contributed by atoms with E-state index in [9.17, 15) is 4.79 Å². The first-order valence-corrected chi connectivity index (χ1v) is 4.43. The van der Waals surface area contributed by atoms with Gasteiger partial charge in [-0.2, -0.15) is 0 Å². The Morgan fingerprint density at radius 3 is 2.75 bits per heavy atom. The lowest BCUT2D eigenvalue weighted by atomic mass is 10.5. The fourth-order valence-corrected chi connectivity index (χ4v) is 3.08. The molecule has 0 aromatic heterocycles. The van der Waals surface area contributed by atoms with E-state index in [0.717, 1.165) is 10.8 Å². The van der Waals surface area contributed by atoms with Crippen LogP contribution in [0.1, 0.15) is 0 Å². The van der Waals surface area contributed by atoms with Gasteiger partial charge in [0.15, 0.2) is 0 Å². The van der Waals surface area contributed by atoms with Crippen LogP contribution in [0.5, 0.6) is 0 Å². The van der Waals surface area contributed by atoms with Crippen LogP contribution in [0.25, 0.3) is 0 Å². The second kappa shape index (κ2) is 2.64. The van der Waals surface area contributed by atoms with Gasteiger partial charge in [0, 0.05) is 10.8 Å². The third-order valence-corrected chi connectivity index (χ3v) is 3.66. The van der Waals surface area contributed by atoms with Crippen LogP contribution in [0.4, 0.5) is 0 Å². The third-order valence-electron chi connectivity index (χ3n) is 0.897. The summed E-state index contributed by atoms with van der Waals surface area (Å²) >= 11 is 3.21. The molecule has 0 bridgehead atoms. The molecule has 0 saturated carbocycles. The van der Waals surface area contributed by atoms with Crippen LogP contribution in [0.3, 0.4) is 0 Å². The second-order valence-electron chi connectivity index (χ2n) is 1.48. The Morgan fingerprint density at radius 2 is 2.50 bits per heavy atom. The molecule has 0 aromatic rings. The van der Waals surface area contributed by atoms with Crippen molar-refractivity contribution in [2.24, 2.45) is 0 Å². The van der Waals surface area contributed by atoms with Gasteiger partial charge in [-0.3, -0.25) is 4.79 Å². The molecule has 1 atom stereocenters. The van der Waals surface area contributed by atoms with Crippen molar-refractivity contribution in [2.75, 3.05) is 10.8 Å². The fourth-order valence-electron chi connectivity index (χ4n) is 0.476. The van der Waals surface area contributed by atoms with Crippen molar-refractivity contribution in [3.05, 3.63) is 0 Å². The lowest BCUT2D eigenvalue weighted by molar-refractivity contribution is -0.135. The molecule has 1 N–H and O–H groups in total. The molecule has 0 aromatic carbocycles. The van der Waals surface area contributed by atoms with E-state index in [0.29, 0.717) is 0 Å². The fraction of sp³-hybridized carbons (Fsp3) is 0.750. The molecule has 1 heterocycles. The van der Waals surface area contributed by atoms with E-state index in [1.807, 2.05) is 0 Å². The molecule has 1 saturated heterocycles. The average molecular weight is 150 g/mol. The van der Waals surface area contributed by atoms with Crippen molar-refractivity contribution in [1.82, 2.24) is 0 Å². The van der Waals surface area contributed by atoms with E-state index < -0.39 is 5.97 Å². The van der Waals surface area contributed by atoms with Gasteiger partial charge in [0.05, 0.1) is 0 Å². The molecule has 1 aliphatic heterocycles. The molecule has 1 rings (SSSR count). The topological polar surface area (TPSA) is 37.3 Å². The van der Waals surface area contributed by atoms with E-state index >= 15 is 0 Å². The minimum atomic E-state index is -0.667. The highest BCUT2D eigenvalue weighted by atomic mass is 32.2. The molecule has 1 aliphatic rings. The summed E-state index contributed by atoms with van der Waals surface area (Å²) in [5.74, 6) is 0.111. The first-order valence-electron chi connectivity index (χ1n) is 2.23. The van der Waals surface area contributed by atoms with Crippen LogP contribution in [-0.2, 0) is 4.79 Å². The standard InChI is InChI=1S/C4H6O2S2/c5-4(6)3-1-7-2-8-3/h3H,1-2H2,(H,5,6). The molecule has 0 spiro atoms. The van der Waals surface area contributed by atoms with Gasteiger partial charge in [-0.15, -0.1) is 23.5 Å². The summed E-state index contributed by atoms with van der Waals surface area (Å²) in [6, 6.07) is 0. The van der Waals surface area contributed by atoms with Gasteiger partial charge in [0.2, 0.25) is 0 Å². The molecule has 0 amide bonds. The van der Waals surface area contributed by atoms with Gasteiger partial charge in [-0.1, -0.05) is 0 Å². The normalized spacial score (nSPS) is 28.2. The maximum absolute atomic E-state index is 10.2. The Morgan fingerprint density at radius 1 is 1.75 bits per heavy atom. The molecule has 8 heavy (non-hydrogen) atoms. The molecule has 0 radical (unpaired) electrons. The largest absolute Gasteiger partial charge is 0.480 e. The Hall–Kier alpha value is 0.170. The highest BCUT2D eigenvalue weighted by molar-refractivity contribution is 8.19. The zero-order valence-electron chi connectivity index (χ0n) is 4.16. The summed E-state index contributed by atoms with van der Waals surface area (Å²) in [6.45, 7) is 0. The molecule has 2 nitrogen and oxygen atoms in total. The number of thioether (sulfide) groups is 2. The van der Waals surface area contributed by atoms with E-state index in [1.165, 1.54) is 11.8 Å². The monoisotopic (exact) mass is 150 g/mol. The third kappa shape index (κ3) is 1.32. The Bertz CT molecular complexity index is 98.2. The van der Waals surface area contributed by atoms with Crippen molar-refractivity contribution in [3.8, 4) is 0 Å². The first kappa shape index (κ1) is 6.29. The van der Waals surface area contributed by atoms with Crippen molar-refractivity contribution in [2.45, 2.75) is 5.25 Å². The van der Waals surface area contributed by atoms with Crippen LogP contribution in [0.2, 0.25) is 0 Å². The Kier molecular flexibility index (Phi) is 2.08. The number of hydrogen-bond donors (Lipinski definition) is 1. The zero-order chi connectivity index (χ0) is 5.98. The predicted octanol–water partition coefficient (Wildman–Crippen LogP) is 0.877. The number of aliphatic carboxylic acids is 1. The molecule has 4 heteroatoms.